The van der Waals surface area contributed by atoms with E-state index in [9.17, 15) is 0 Å². The van der Waals surface area contributed by atoms with E-state index in [1.54, 1.807) is 5.38 Å². The van der Waals surface area contributed by atoms with Crippen molar-refractivity contribution in [3.05, 3.63) is 46.4 Å². The van der Waals surface area contributed by atoms with Gasteiger partial charge in [0.1, 0.15) is 5.15 Å². The smallest absolute Gasteiger partial charge is 0.184 e. The molecule has 1 aromatic carbocycles. The summed E-state index contributed by atoms with van der Waals surface area (Å²) in [6, 6.07) is 9.93. The van der Waals surface area contributed by atoms with Crippen LogP contribution in [0.4, 0.5) is 5.13 Å². The minimum atomic E-state index is -0.0381. The molecule has 1 heterocycles. The summed E-state index contributed by atoms with van der Waals surface area (Å²) < 4.78 is 0. The molecule has 0 amide bonds. The van der Waals surface area contributed by atoms with Crippen LogP contribution in [0.25, 0.3) is 0 Å². The first kappa shape index (κ1) is 11.4. The Morgan fingerprint density at radius 2 is 2.12 bits per heavy atom. The number of rotatable bonds is 4. The normalized spacial score (nSPS) is 12.4. The van der Waals surface area contributed by atoms with Crippen LogP contribution in [-0.4, -0.2) is 11.5 Å². The van der Waals surface area contributed by atoms with Crippen molar-refractivity contribution >= 4 is 28.1 Å². The van der Waals surface area contributed by atoms with Gasteiger partial charge < -0.3 is 11.1 Å². The van der Waals surface area contributed by atoms with E-state index in [0.29, 0.717) is 11.7 Å². The number of nitrogens with two attached hydrogens (primary N) is 1. The third kappa shape index (κ3) is 2.95. The van der Waals surface area contributed by atoms with E-state index in [0.717, 1.165) is 10.7 Å². The Morgan fingerprint density at radius 3 is 2.75 bits per heavy atom. The number of aromatic nitrogens is 1. The Hall–Kier alpha value is -1.10. The molecule has 1 unspecified atom stereocenters. The van der Waals surface area contributed by atoms with Crippen LogP contribution in [-0.2, 0) is 0 Å². The zero-order valence-electron chi connectivity index (χ0n) is 8.56. The Balaban J connectivity index is 1.91. The predicted molar refractivity (Wildman–Crippen MR) is 69.0 cm³/mol. The number of halogens is 1. The first-order valence-corrected chi connectivity index (χ1v) is 6.17. The molecule has 0 saturated carbocycles. The van der Waals surface area contributed by atoms with Gasteiger partial charge in [-0.2, -0.15) is 0 Å². The third-order valence-electron chi connectivity index (χ3n) is 2.18. The van der Waals surface area contributed by atoms with Crippen LogP contribution < -0.4 is 11.1 Å². The largest absolute Gasteiger partial charge is 0.360 e. The van der Waals surface area contributed by atoms with Crippen LogP contribution in [0.5, 0.6) is 0 Å². The summed E-state index contributed by atoms with van der Waals surface area (Å²) in [5.41, 5.74) is 7.14. The lowest BCUT2D eigenvalue weighted by atomic mass is 10.1. The lowest BCUT2D eigenvalue weighted by Crippen LogP contribution is -2.20. The Bertz CT molecular complexity index is 444. The van der Waals surface area contributed by atoms with Crippen LogP contribution in [0.2, 0.25) is 5.15 Å². The fraction of sp³-hybridized carbons (Fsp3) is 0.182. The summed E-state index contributed by atoms with van der Waals surface area (Å²) in [6.07, 6.45) is 0. The van der Waals surface area contributed by atoms with Crippen molar-refractivity contribution in [2.24, 2.45) is 5.73 Å². The van der Waals surface area contributed by atoms with Gasteiger partial charge in [0.05, 0.1) is 0 Å². The van der Waals surface area contributed by atoms with Gasteiger partial charge in [0.2, 0.25) is 0 Å². The van der Waals surface area contributed by atoms with Crippen molar-refractivity contribution in [1.29, 1.82) is 0 Å². The second-order valence-electron chi connectivity index (χ2n) is 3.37. The quantitative estimate of drug-likeness (QED) is 0.881. The van der Waals surface area contributed by atoms with Crippen molar-refractivity contribution in [3.8, 4) is 0 Å². The highest BCUT2D eigenvalue weighted by Gasteiger charge is 2.06. The van der Waals surface area contributed by atoms with Crippen LogP contribution in [0.1, 0.15) is 11.6 Å². The van der Waals surface area contributed by atoms with Gasteiger partial charge in [-0.1, -0.05) is 41.9 Å². The predicted octanol–water partition coefficient (Wildman–Crippen LogP) is 2.91. The van der Waals surface area contributed by atoms with Crippen molar-refractivity contribution in [2.45, 2.75) is 6.04 Å². The number of anilines is 1. The summed E-state index contributed by atoms with van der Waals surface area (Å²) >= 11 is 7.20. The van der Waals surface area contributed by atoms with Crippen LogP contribution in [0, 0.1) is 0 Å². The highest BCUT2D eigenvalue weighted by atomic mass is 35.5. The molecule has 0 aliphatic rings. The van der Waals surface area contributed by atoms with Crippen LogP contribution in [0.15, 0.2) is 35.7 Å². The standard InChI is InChI=1S/C11H12ClN3S/c12-10-7-16-11(15-10)14-6-9(13)8-4-2-1-3-5-8/h1-5,7,9H,6,13H2,(H,14,15). The average Bonchev–Trinajstić information content (AvgIpc) is 2.73. The first-order chi connectivity index (χ1) is 7.75. The Morgan fingerprint density at radius 1 is 1.38 bits per heavy atom. The van der Waals surface area contributed by atoms with Crippen molar-refractivity contribution in [3.63, 3.8) is 0 Å². The van der Waals surface area contributed by atoms with Gasteiger partial charge in [-0.15, -0.1) is 11.3 Å². The fourth-order valence-electron chi connectivity index (χ4n) is 1.35. The van der Waals surface area contributed by atoms with E-state index < -0.39 is 0 Å². The van der Waals surface area contributed by atoms with E-state index in [2.05, 4.69) is 10.3 Å². The van der Waals surface area contributed by atoms with E-state index in [1.165, 1.54) is 11.3 Å². The fourth-order valence-corrected chi connectivity index (χ4v) is 2.20. The van der Waals surface area contributed by atoms with Crippen LogP contribution in [0.3, 0.4) is 0 Å². The number of nitrogens with zero attached hydrogens (tertiary/aromatic N) is 1. The molecule has 0 aliphatic heterocycles. The molecule has 3 N–H and O–H groups in total. The molecule has 3 nitrogen and oxygen atoms in total. The summed E-state index contributed by atoms with van der Waals surface area (Å²) in [5.74, 6) is 0. The molecule has 0 spiro atoms. The molecule has 16 heavy (non-hydrogen) atoms. The van der Waals surface area contributed by atoms with E-state index in [1.807, 2.05) is 30.3 Å². The SMILES string of the molecule is NC(CNc1nc(Cl)cs1)c1ccccc1. The summed E-state index contributed by atoms with van der Waals surface area (Å²) in [5, 5.41) is 6.27. The average molecular weight is 254 g/mol. The highest BCUT2D eigenvalue weighted by molar-refractivity contribution is 7.14. The number of hydrogen-bond acceptors (Lipinski definition) is 4. The molecule has 2 rings (SSSR count). The molecule has 0 bridgehead atoms. The molecule has 1 atom stereocenters. The third-order valence-corrected chi connectivity index (χ3v) is 3.30. The van der Waals surface area contributed by atoms with E-state index in [-0.39, 0.29) is 6.04 Å². The van der Waals surface area contributed by atoms with Gasteiger partial charge >= 0.3 is 0 Å². The minimum Gasteiger partial charge on any atom is -0.360 e. The van der Waals surface area contributed by atoms with Crippen molar-refractivity contribution < 1.29 is 0 Å². The highest BCUT2D eigenvalue weighted by Crippen LogP contribution is 2.19. The minimum absolute atomic E-state index is 0.0381. The topological polar surface area (TPSA) is 50.9 Å². The van der Waals surface area contributed by atoms with E-state index in [4.69, 9.17) is 17.3 Å². The van der Waals surface area contributed by atoms with Gasteiger partial charge in [-0.3, -0.25) is 0 Å². The van der Waals surface area contributed by atoms with E-state index >= 15 is 0 Å². The molecule has 84 valence electrons. The summed E-state index contributed by atoms with van der Waals surface area (Å²) in [7, 11) is 0. The van der Waals surface area contributed by atoms with Gasteiger partial charge in [0.15, 0.2) is 5.13 Å². The van der Waals surface area contributed by atoms with Gasteiger partial charge in [0, 0.05) is 18.0 Å². The maximum absolute atomic E-state index is 6.03. The van der Waals surface area contributed by atoms with Crippen molar-refractivity contribution in [1.82, 2.24) is 4.98 Å². The molecule has 0 fully saturated rings. The lowest BCUT2D eigenvalue weighted by Gasteiger charge is -2.12. The van der Waals surface area contributed by atoms with Gasteiger partial charge in [-0.05, 0) is 5.56 Å². The molecule has 0 saturated heterocycles. The second kappa shape index (κ2) is 5.30. The monoisotopic (exact) mass is 253 g/mol. The Labute approximate surface area is 103 Å². The van der Waals surface area contributed by atoms with Gasteiger partial charge in [-0.25, -0.2) is 4.98 Å². The molecule has 5 heteroatoms. The zero-order chi connectivity index (χ0) is 11.4. The molecule has 2 aromatic rings. The number of hydrogen-bond donors (Lipinski definition) is 2. The molecule has 0 aliphatic carbocycles. The zero-order valence-corrected chi connectivity index (χ0v) is 10.1. The number of nitrogens with one attached hydrogen (secondary N) is 1. The number of thiazole rings is 1. The maximum atomic E-state index is 6.03. The maximum Gasteiger partial charge on any atom is 0.184 e. The lowest BCUT2D eigenvalue weighted by molar-refractivity contribution is 0.764. The first-order valence-electron chi connectivity index (χ1n) is 4.91. The molecule has 0 radical (unpaired) electrons. The van der Waals surface area contributed by atoms with Crippen molar-refractivity contribution in [2.75, 3.05) is 11.9 Å². The Kier molecular flexibility index (Phi) is 3.77. The summed E-state index contributed by atoms with van der Waals surface area (Å²) in [6.45, 7) is 0.647. The second-order valence-corrected chi connectivity index (χ2v) is 4.62. The molecular weight excluding hydrogens is 242 g/mol. The molecular formula is C11H12ClN3S. The summed E-state index contributed by atoms with van der Waals surface area (Å²) in [4.78, 5) is 4.09. The van der Waals surface area contributed by atoms with Crippen LogP contribution >= 0.6 is 22.9 Å². The van der Waals surface area contributed by atoms with Gasteiger partial charge in [0.25, 0.3) is 0 Å². The number of benzene rings is 1. The molecule has 1 aromatic heterocycles.